The number of hydrogen-bond acceptors (Lipinski definition) is 4. The van der Waals surface area contributed by atoms with E-state index in [9.17, 15) is 4.79 Å². The van der Waals surface area contributed by atoms with E-state index in [1.165, 1.54) is 30.6 Å². The molecule has 27 heavy (non-hydrogen) atoms. The van der Waals surface area contributed by atoms with E-state index in [2.05, 4.69) is 20.4 Å². The Morgan fingerprint density at radius 3 is 2.85 bits per heavy atom. The molecule has 0 bridgehead atoms. The van der Waals surface area contributed by atoms with Crippen molar-refractivity contribution in [3.8, 4) is 0 Å². The fourth-order valence-electron chi connectivity index (χ4n) is 4.66. The quantitative estimate of drug-likeness (QED) is 0.823. The lowest BCUT2D eigenvalue weighted by Gasteiger charge is -2.34. The lowest BCUT2D eigenvalue weighted by molar-refractivity contribution is 0.0363. The lowest BCUT2D eigenvalue weighted by atomic mass is 9.92. The molecular formula is C20H33N5O2. The van der Waals surface area contributed by atoms with Crippen LogP contribution in [0.5, 0.6) is 0 Å². The summed E-state index contributed by atoms with van der Waals surface area (Å²) in [5.41, 5.74) is 2.49. The molecule has 2 amide bonds. The van der Waals surface area contributed by atoms with Gasteiger partial charge in [-0.05, 0) is 63.0 Å². The predicted molar refractivity (Wildman–Crippen MR) is 104 cm³/mol. The van der Waals surface area contributed by atoms with Crippen molar-refractivity contribution in [2.75, 3.05) is 45.9 Å². The molecule has 7 nitrogen and oxygen atoms in total. The van der Waals surface area contributed by atoms with E-state index >= 15 is 0 Å². The van der Waals surface area contributed by atoms with Crippen LogP contribution in [0, 0.1) is 5.92 Å². The van der Waals surface area contributed by atoms with E-state index in [4.69, 9.17) is 4.74 Å². The first-order chi connectivity index (χ1) is 13.3. The molecule has 0 saturated carbocycles. The Bertz CT molecular complexity index is 605. The second-order valence-corrected chi connectivity index (χ2v) is 8.29. The second kappa shape index (κ2) is 9.06. The van der Waals surface area contributed by atoms with Crippen molar-refractivity contribution in [2.45, 2.75) is 51.0 Å². The number of hydrogen-bond donors (Lipinski definition) is 2. The Labute approximate surface area is 161 Å². The minimum Gasteiger partial charge on any atom is -0.379 e. The van der Waals surface area contributed by atoms with Crippen molar-refractivity contribution < 1.29 is 9.53 Å². The zero-order chi connectivity index (χ0) is 18.5. The summed E-state index contributed by atoms with van der Waals surface area (Å²) in [5.74, 6) is 0.776. The summed E-state index contributed by atoms with van der Waals surface area (Å²) in [6, 6.07) is 0.368. The van der Waals surface area contributed by atoms with Crippen LogP contribution in [0.4, 0.5) is 4.79 Å². The molecule has 1 aliphatic carbocycles. The maximum atomic E-state index is 12.6. The number of H-pyrrole nitrogens is 1. The average Bonchev–Trinajstić information content (AvgIpc) is 3.17. The fraction of sp³-hybridized carbons (Fsp3) is 0.800. The van der Waals surface area contributed by atoms with Gasteiger partial charge in [-0.2, -0.15) is 5.10 Å². The van der Waals surface area contributed by atoms with Crippen LogP contribution in [0.15, 0.2) is 6.20 Å². The van der Waals surface area contributed by atoms with Crippen LogP contribution in [-0.2, 0) is 17.6 Å². The van der Waals surface area contributed by atoms with Gasteiger partial charge in [0, 0.05) is 37.9 Å². The van der Waals surface area contributed by atoms with E-state index < -0.39 is 0 Å². The van der Waals surface area contributed by atoms with Crippen molar-refractivity contribution in [3.63, 3.8) is 0 Å². The Hall–Kier alpha value is -1.60. The normalized spacial score (nSPS) is 24.6. The Morgan fingerprint density at radius 2 is 2.04 bits per heavy atom. The van der Waals surface area contributed by atoms with Gasteiger partial charge in [-0.1, -0.05) is 0 Å². The molecule has 0 aromatic carbocycles. The zero-order valence-corrected chi connectivity index (χ0v) is 16.3. The van der Waals surface area contributed by atoms with Crippen molar-refractivity contribution in [1.82, 2.24) is 25.3 Å². The van der Waals surface area contributed by atoms with Crippen LogP contribution >= 0.6 is 0 Å². The minimum absolute atomic E-state index is 0.124. The number of fused-ring (bicyclic) bond motifs is 1. The summed E-state index contributed by atoms with van der Waals surface area (Å²) < 4.78 is 5.41. The summed E-state index contributed by atoms with van der Waals surface area (Å²) in [6.07, 6.45) is 9.63. The second-order valence-electron chi connectivity index (χ2n) is 8.29. The number of piperidine rings is 1. The van der Waals surface area contributed by atoms with Gasteiger partial charge in [-0.15, -0.1) is 0 Å². The van der Waals surface area contributed by atoms with E-state index in [-0.39, 0.29) is 12.1 Å². The van der Waals surface area contributed by atoms with Crippen LogP contribution in [0.1, 0.15) is 43.4 Å². The highest BCUT2D eigenvalue weighted by Gasteiger charge is 2.26. The van der Waals surface area contributed by atoms with E-state index in [1.54, 1.807) is 0 Å². The third-order valence-electron chi connectivity index (χ3n) is 6.44. The Kier molecular flexibility index (Phi) is 6.29. The first kappa shape index (κ1) is 18.7. The van der Waals surface area contributed by atoms with Gasteiger partial charge in [0.05, 0.1) is 19.4 Å². The number of aromatic nitrogens is 2. The Morgan fingerprint density at radius 1 is 1.22 bits per heavy atom. The smallest absolute Gasteiger partial charge is 0.317 e. The topological polar surface area (TPSA) is 73.5 Å². The highest BCUT2D eigenvalue weighted by atomic mass is 16.5. The van der Waals surface area contributed by atoms with Gasteiger partial charge in [-0.25, -0.2) is 4.79 Å². The predicted octanol–water partition coefficient (Wildman–Crippen LogP) is 1.80. The number of amides is 2. The number of carbonyl (C=O) groups is 1. The SMILES string of the molecule is O=C(NC1CCc2[nH]ncc2C1)N1CCC(CCCN2CCOCC2)CC1. The molecule has 1 aromatic rings. The number of rotatable bonds is 5. The first-order valence-electron chi connectivity index (χ1n) is 10.6. The molecule has 0 radical (unpaired) electrons. The zero-order valence-electron chi connectivity index (χ0n) is 16.3. The average molecular weight is 376 g/mol. The number of urea groups is 1. The number of nitrogens with zero attached hydrogens (tertiary/aromatic N) is 3. The maximum Gasteiger partial charge on any atom is 0.317 e. The number of aromatic amines is 1. The van der Waals surface area contributed by atoms with Crippen LogP contribution in [0.25, 0.3) is 0 Å². The summed E-state index contributed by atoms with van der Waals surface area (Å²) >= 11 is 0. The largest absolute Gasteiger partial charge is 0.379 e. The van der Waals surface area contributed by atoms with E-state index in [0.717, 1.165) is 77.4 Å². The molecule has 4 rings (SSSR count). The number of ether oxygens (including phenoxy) is 1. The number of nitrogens with one attached hydrogen (secondary N) is 2. The molecule has 150 valence electrons. The number of likely N-dealkylation sites (tertiary alicyclic amines) is 1. The van der Waals surface area contributed by atoms with Gasteiger partial charge in [0.15, 0.2) is 0 Å². The molecule has 2 fully saturated rings. The van der Waals surface area contributed by atoms with Crippen LogP contribution < -0.4 is 5.32 Å². The number of aryl methyl sites for hydroxylation is 1. The van der Waals surface area contributed by atoms with Gasteiger partial charge >= 0.3 is 6.03 Å². The van der Waals surface area contributed by atoms with E-state index in [0.29, 0.717) is 0 Å². The van der Waals surface area contributed by atoms with Gasteiger partial charge < -0.3 is 15.0 Å². The monoisotopic (exact) mass is 375 g/mol. The van der Waals surface area contributed by atoms with Gasteiger partial charge in [0.1, 0.15) is 0 Å². The molecule has 1 atom stereocenters. The molecule has 1 unspecified atom stereocenters. The number of carbonyl (C=O) groups excluding carboxylic acids is 1. The van der Waals surface area contributed by atoms with Crippen LogP contribution in [-0.4, -0.2) is 78.0 Å². The summed E-state index contributed by atoms with van der Waals surface area (Å²) in [5, 5.41) is 10.4. The van der Waals surface area contributed by atoms with Gasteiger partial charge in [-0.3, -0.25) is 10.00 Å². The third-order valence-corrected chi connectivity index (χ3v) is 6.44. The molecule has 2 saturated heterocycles. The van der Waals surface area contributed by atoms with E-state index in [1.807, 2.05) is 11.1 Å². The molecule has 2 aliphatic heterocycles. The summed E-state index contributed by atoms with van der Waals surface area (Å²) in [4.78, 5) is 17.1. The molecule has 3 aliphatic rings. The fourth-order valence-corrected chi connectivity index (χ4v) is 4.66. The highest BCUT2D eigenvalue weighted by Crippen LogP contribution is 2.23. The molecule has 3 heterocycles. The van der Waals surface area contributed by atoms with Gasteiger partial charge in [0.2, 0.25) is 0 Å². The molecule has 2 N–H and O–H groups in total. The molecule has 0 spiro atoms. The number of morpholine rings is 1. The van der Waals surface area contributed by atoms with Crippen molar-refractivity contribution in [2.24, 2.45) is 5.92 Å². The molecule has 1 aromatic heterocycles. The molecular weight excluding hydrogens is 342 g/mol. The van der Waals surface area contributed by atoms with Crippen molar-refractivity contribution in [1.29, 1.82) is 0 Å². The summed E-state index contributed by atoms with van der Waals surface area (Å²) in [6.45, 7) is 6.93. The molecule has 7 heteroatoms. The van der Waals surface area contributed by atoms with Crippen molar-refractivity contribution in [3.05, 3.63) is 17.5 Å². The highest BCUT2D eigenvalue weighted by molar-refractivity contribution is 5.74. The minimum atomic E-state index is 0.124. The van der Waals surface area contributed by atoms with Crippen molar-refractivity contribution >= 4 is 6.03 Å². The van der Waals surface area contributed by atoms with Crippen LogP contribution in [0.2, 0.25) is 0 Å². The first-order valence-corrected chi connectivity index (χ1v) is 10.6. The Balaban J connectivity index is 1.13. The van der Waals surface area contributed by atoms with Gasteiger partial charge in [0.25, 0.3) is 0 Å². The maximum absolute atomic E-state index is 12.6. The van der Waals surface area contributed by atoms with Crippen LogP contribution in [0.3, 0.4) is 0 Å². The standard InChI is InChI=1S/C20H33N5O2/c26-20(22-18-3-4-19-17(14-18)15-21-23-19)25-8-5-16(6-9-25)2-1-7-24-10-12-27-13-11-24/h15-16,18H,1-14H2,(H,21,23)(H,22,26). The lowest BCUT2D eigenvalue weighted by Crippen LogP contribution is -2.49. The summed E-state index contributed by atoms with van der Waals surface area (Å²) in [7, 11) is 0. The third kappa shape index (κ3) is 5.02.